The van der Waals surface area contributed by atoms with E-state index in [1.165, 1.54) is 0 Å². The molecular formula is C19H22N2O2. The summed E-state index contributed by atoms with van der Waals surface area (Å²) in [6.07, 6.45) is 1.63. The molecule has 2 aliphatic rings. The van der Waals surface area contributed by atoms with Gasteiger partial charge in [0.1, 0.15) is 12.1 Å². The molecule has 1 aromatic carbocycles. The molecule has 2 aromatic rings. The number of hydrogen-bond acceptors (Lipinski definition) is 2. The zero-order valence-corrected chi connectivity index (χ0v) is 13.7. The molecule has 4 rings (SSSR count). The number of aromatic nitrogens is 1. The number of benzene rings is 1. The van der Waals surface area contributed by atoms with Crippen LogP contribution in [0.1, 0.15) is 50.4 Å². The fourth-order valence-corrected chi connectivity index (χ4v) is 3.95. The summed E-state index contributed by atoms with van der Waals surface area (Å²) >= 11 is 0. The van der Waals surface area contributed by atoms with E-state index in [1.54, 1.807) is 0 Å². The number of carbonyl (C=O) groups excluding carboxylic acids is 1. The molecule has 0 bridgehead atoms. The molecule has 1 aromatic heterocycles. The van der Waals surface area contributed by atoms with Gasteiger partial charge in [-0.25, -0.2) is 0 Å². The lowest BCUT2D eigenvalue weighted by Crippen LogP contribution is -2.47. The fraction of sp³-hybridized carbons (Fsp3) is 0.421. The number of amides is 1. The molecule has 0 radical (unpaired) electrons. The fourth-order valence-electron chi connectivity index (χ4n) is 3.95. The van der Waals surface area contributed by atoms with Crippen molar-refractivity contribution in [3.8, 4) is 0 Å². The highest BCUT2D eigenvalue weighted by atomic mass is 16.5. The maximum Gasteiger partial charge on any atom is 0.248 e. The first-order valence-electron chi connectivity index (χ1n) is 8.29. The predicted molar refractivity (Wildman–Crippen MR) is 87.6 cm³/mol. The summed E-state index contributed by atoms with van der Waals surface area (Å²) in [7, 11) is 0. The summed E-state index contributed by atoms with van der Waals surface area (Å²) in [4.78, 5) is 15.1. The highest BCUT2D eigenvalue weighted by molar-refractivity contribution is 5.83. The van der Waals surface area contributed by atoms with E-state index in [-0.39, 0.29) is 36.2 Å². The minimum Gasteiger partial charge on any atom is -0.342 e. The first-order valence-corrected chi connectivity index (χ1v) is 8.29. The van der Waals surface area contributed by atoms with Crippen molar-refractivity contribution in [1.82, 2.24) is 9.47 Å². The molecule has 0 spiro atoms. The average Bonchev–Trinajstić information content (AvgIpc) is 3.13. The second-order valence-corrected chi connectivity index (χ2v) is 6.84. The number of carbonyl (C=O) groups is 1. The lowest BCUT2D eigenvalue weighted by Gasteiger charge is -2.38. The molecule has 120 valence electrons. The molecule has 0 unspecified atom stereocenters. The van der Waals surface area contributed by atoms with Gasteiger partial charge in [0.2, 0.25) is 5.91 Å². The van der Waals surface area contributed by atoms with Crippen LogP contribution in [0.3, 0.4) is 0 Å². The molecule has 0 saturated carbocycles. The Morgan fingerprint density at radius 1 is 1.09 bits per heavy atom. The molecular weight excluding hydrogens is 288 g/mol. The molecule has 0 N–H and O–H groups in total. The smallest absolute Gasteiger partial charge is 0.248 e. The first kappa shape index (κ1) is 14.5. The van der Waals surface area contributed by atoms with Crippen LogP contribution in [0, 0.1) is 5.92 Å². The summed E-state index contributed by atoms with van der Waals surface area (Å²) in [5, 5.41) is 0. The van der Waals surface area contributed by atoms with Crippen molar-refractivity contribution in [2.24, 2.45) is 5.92 Å². The third-order valence-corrected chi connectivity index (χ3v) is 5.04. The first-order chi connectivity index (χ1) is 11.1. The van der Waals surface area contributed by atoms with E-state index in [1.807, 2.05) is 35.4 Å². The van der Waals surface area contributed by atoms with Crippen molar-refractivity contribution in [1.29, 1.82) is 0 Å². The van der Waals surface area contributed by atoms with Crippen LogP contribution in [0.2, 0.25) is 0 Å². The monoisotopic (exact) mass is 310 g/mol. The van der Waals surface area contributed by atoms with Crippen molar-refractivity contribution in [3.63, 3.8) is 0 Å². The number of hydrogen-bond donors (Lipinski definition) is 0. The van der Waals surface area contributed by atoms with E-state index < -0.39 is 0 Å². The zero-order chi connectivity index (χ0) is 16.1. The van der Waals surface area contributed by atoms with Crippen LogP contribution in [-0.4, -0.2) is 21.4 Å². The molecule has 23 heavy (non-hydrogen) atoms. The van der Waals surface area contributed by atoms with Gasteiger partial charge in [0.05, 0.1) is 11.7 Å². The van der Waals surface area contributed by atoms with Crippen LogP contribution >= 0.6 is 0 Å². The van der Waals surface area contributed by atoms with Crippen LogP contribution in [0.4, 0.5) is 0 Å². The molecule has 3 heterocycles. The van der Waals surface area contributed by atoms with Gasteiger partial charge in [-0.2, -0.15) is 0 Å². The van der Waals surface area contributed by atoms with E-state index in [0.29, 0.717) is 0 Å². The molecule has 1 saturated heterocycles. The summed E-state index contributed by atoms with van der Waals surface area (Å²) in [6, 6.07) is 14.1. The highest BCUT2D eigenvalue weighted by Crippen LogP contribution is 2.47. The van der Waals surface area contributed by atoms with Crippen LogP contribution in [0.25, 0.3) is 0 Å². The zero-order valence-electron chi connectivity index (χ0n) is 13.7. The third-order valence-electron chi connectivity index (χ3n) is 5.04. The Kier molecular flexibility index (Phi) is 3.31. The molecule has 4 atom stereocenters. The third kappa shape index (κ3) is 2.05. The standard InChI is InChI=1S/C19H22N2O2/c1-12(2)16-18(22)21-13(3)17(14-8-5-4-6-9-14)23-19(21)15-10-7-11-20(15)16/h4-13,16-17,19H,1-3H3/t13-,16-,17-,19+/m0/s1. The molecule has 0 aliphatic carbocycles. The van der Waals surface area contributed by atoms with E-state index in [9.17, 15) is 4.79 Å². The minimum atomic E-state index is -0.285. The minimum absolute atomic E-state index is 0.0276. The van der Waals surface area contributed by atoms with Gasteiger partial charge < -0.3 is 14.2 Å². The normalized spacial score (nSPS) is 29.7. The molecule has 1 amide bonds. The van der Waals surface area contributed by atoms with Crippen LogP contribution in [0.15, 0.2) is 48.7 Å². The van der Waals surface area contributed by atoms with Gasteiger partial charge in [-0.05, 0) is 30.5 Å². The number of ether oxygens (including phenoxy) is 1. The summed E-state index contributed by atoms with van der Waals surface area (Å²) in [5.74, 6) is 0.414. The molecule has 2 aliphatic heterocycles. The van der Waals surface area contributed by atoms with Crippen molar-refractivity contribution < 1.29 is 9.53 Å². The number of fused-ring (bicyclic) bond motifs is 3. The van der Waals surface area contributed by atoms with Crippen LogP contribution in [-0.2, 0) is 9.53 Å². The Labute approximate surface area is 136 Å². The lowest BCUT2D eigenvalue weighted by atomic mass is 9.97. The second kappa shape index (κ2) is 5.24. The average molecular weight is 310 g/mol. The van der Waals surface area contributed by atoms with Gasteiger partial charge in [0.25, 0.3) is 0 Å². The van der Waals surface area contributed by atoms with Gasteiger partial charge in [0, 0.05) is 6.20 Å². The van der Waals surface area contributed by atoms with Crippen molar-refractivity contribution in [2.75, 3.05) is 0 Å². The van der Waals surface area contributed by atoms with Gasteiger partial charge in [0.15, 0.2) is 6.23 Å². The lowest BCUT2D eigenvalue weighted by molar-refractivity contribution is -0.147. The quantitative estimate of drug-likeness (QED) is 0.848. The summed E-state index contributed by atoms with van der Waals surface area (Å²) in [5.41, 5.74) is 2.20. The summed E-state index contributed by atoms with van der Waals surface area (Å²) in [6.45, 7) is 6.29. The molecule has 4 heteroatoms. The highest BCUT2D eigenvalue weighted by Gasteiger charge is 2.50. The predicted octanol–water partition coefficient (Wildman–Crippen LogP) is 3.69. The summed E-state index contributed by atoms with van der Waals surface area (Å²) < 4.78 is 8.42. The van der Waals surface area contributed by atoms with Crippen molar-refractivity contribution in [2.45, 2.75) is 45.2 Å². The Hall–Kier alpha value is -2.07. The van der Waals surface area contributed by atoms with Gasteiger partial charge in [-0.1, -0.05) is 44.2 Å². The maximum atomic E-state index is 13.1. The Morgan fingerprint density at radius 2 is 1.83 bits per heavy atom. The van der Waals surface area contributed by atoms with Crippen molar-refractivity contribution >= 4 is 5.91 Å². The van der Waals surface area contributed by atoms with E-state index in [4.69, 9.17) is 4.74 Å². The Morgan fingerprint density at radius 3 is 2.52 bits per heavy atom. The van der Waals surface area contributed by atoms with Crippen LogP contribution < -0.4 is 0 Å². The molecule has 4 nitrogen and oxygen atoms in total. The Bertz CT molecular complexity index is 722. The topological polar surface area (TPSA) is 34.5 Å². The van der Waals surface area contributed by atoms with E-state index in [2.05, 4.69) is 43.5 Å². The van der Waals surface area contributed by atoms with Gasteiger partial charge in [-0.3, -0.25) is 4.79 Å². The second-order valence-electron chi connectivity index (χ2n) is 6.84. The number of nitrogens with zero attached hydrogens (tertiary/aromatic N) is 2. The SMILES string of the molecule is CC(C)[C@H]1C(=O)N2[C@H](O[C@H](c3ccccc3)[C@@H]2C)c2cccn21. The van der Waals surface area contributed by atoms with Gasteiger partial charge in [-0.15, -0.1) is 0 Å². The number of rotatable bonds is 2. The maximum absolute atomic E-state index is 13.1. The largest absolute Gasteiger partial charge is 0.342 e. The van der Waals surface area contributed by atoms with E-state index >= 15 is 0 Å². The van der Waals surface area contributed by atoms with Crippen molar-refractivity contribution in [3.05, 3.63) is 59.9 Å². The van der Waals surface area contributed by atoms with Crippen LogP contribution in [0.5, 0.6) is 0 Å². The Balaban J connectivity index is 1.77. The van der Waals surface area contributed by atoms with E-state index in [0.717, 1.165) is 11.3 Å². The molecule has 1 fully saturated rings. The van der Waals surface area contributed by atoms with Gasteiger partial charge >= 0.3 is 0 Å².